The molecule has 0 bridgehead atoms. The fourth-order valence-corrected chi connectivity index (χ4v) is 1.82. The van der Waals surface area contributed by atoms with Gasteiger partial charge in [-0.25, -0.2) is 5.43 Å². The van der Waals surface area contributed by atoms with Crippen molar-refractivity contribution in [2.45, 2.75) is 0 Å². The number of hydrogen-bond acceptors (Lipinski definition) is 3. The molecule has 2 N–H and O–H groups in total. The van der Waals surface area contributed by atoms with Gasteiger partial charge < -0.3 is 9.67 Å². The average molecular weight is 369 g/mol. The van der Waals surface area contributed by atoms with Crippen LogP contribution in [-0.2, 0) is 7.05 Å². The Labute approximate surface area is 124 Å². The third-order valence-electron chi connectivity index (χ3n) is 2.56. The van der Waals surface area contributed by atoms with E-state index >= 15 is 0 Å². The van der Waals surface area contributed by atoms with Gasteiger partial charge in [0.05, 0.1) is 15.5 Å². The molecule has 1 aromatic carbocycles. The van der Waals surface area contributed by atoms with E-state index in [1.54, 1.807) is 18.3 Å². The lowest BCUT2D eigenvalue weighted by Crippen LogP contribution is -2.17. The Hall–Kier alpha value is -1.83. The Morgan fingerprint density at radius 1 is 1.47 bits per heavy atom. The summed E-state index contributed by atoms with van der Waals surface area (Å²) >= 11 is 1.99. The van der Waals surface area contributed by atoms with E-state index in [1.165, 1.54) is 6.07 Å². The highest BCUT2D eigenvalue weighted by molar-refractivity contribution is 14.1. The zero-order valence-corrected chi connectivity index (χ0v) is 12.3. The number of halogens is 1. The van der Waals surface area contributed by atoms with Crippen LogP contribution >= 0.6 is 22.6 Å². The molecule has 1 aromatic heterocycles. The molecule has 0 saturated heterocycles. The predicted molar refractivity (Wildman–Crippen MR) is 81.3 cm³/mol. The van der Waals surface area contributed by atoms with Gasteiger partial charge in [0.15, 0.2) is 0 Å². The quantitative estimate of drug-likeness (QED) is 0.495. The number of benzene rings is 1. The Balaban J connectivity index is 2.03. The molecule has 1 heterocycles. The highest BCUT2D eigenvalue weighted by Crippen LogP contribution is 2.20. The number of amides is 1. The summed E-state index contributed by atoms with van der Waals surface area (Å²) < 4.78 is 2.58. The number of nitrogens with zero attached hydrogens (tertiary/aromatic N) is 2. The molecule has 2 aromatic rings. The molecule has 0 aliphatic rings. The van der Waals surface area contributed by atoms with Gasteiger partial charge in [0.1, 0.15) is 5.75 Å². The molecule has 5 nitrogen and oxygen atoms in total. The lowest BCUT2D eigenvalue weighted by molar-refractivity contribution is 0.0954. The highest BCUT2D eigenvalue weighted by Gasteiger charge is 2.06. The van der Waals surface area contributed by atoms with Crippen LogP contribution in [0.2, 0.25) is 0 Å². The molecule has 0 fully saturated rings. The molecule has 0 spiro atoms. The molecule has 0 atom stereocenters. The summed E-state index contributed by atoms with van der Waals surface area (Å²) in [4.78, 5) is 11.8. The molecule has 0 saturated carbocycles. The average Bonchev–Trinajstić information content (AvgIpc) is 2.78. The van der Waals surface area contributed by atoms with Gasteiger partial charge >= 0.3 is 0 Å². The minimum atomic E-state index is -0.364. The van der Waals surface area contributed by atoms with Crippen molar-refractivity contribution in [3.63, 3.8) is 0 Å². The molecule has 0 radical (unpaired) electrons. The van der Waals surface area contributed by atoms with Gasteiger partial charge in [-0.2, -0.15) is 5.10 Å². The maximum atomic E-state index is 11.8. The van der Waals surface area contributed by atoms with Crippen LogP contribution in [0.25, 0.3) is 0 Å². The van der Waals surface area contributed by atoms with Crippen molar-refractivity contribution in [2.24, 2.45) is 12.1 Å². The largest absolute Gasteiger partial charge is 0.507 e. The zero-order valence-electron chi connectivity index (χ0n) is 10.2. The second kappa shape index (κ2) is 5.87. The summed E-state index contributed by atoms with van der Waals surface area (Å²) in [6.45, 7) is 0. The van der Waals surface area contributed by atoms with E-state index in [1.807, 2.05) is 52.5 Å². The van der Waals surface area contributed by atoms with Crippen LogP contribution < -0.4 is 5.43 Å². The number of carbonyl (C=O) groups excluding carboxylic acids is 1. The predicted octanol–water partition coefficient (Wildman–Crippen LogP) is 2.10. The van der Waals surface area contributed by atoms with Crippen LogP contribution in [0.1, 0.15) is 16.1 Å². The van der Waals surface area contributed by atoms with E-state index in [2.05, 4.69) is 10.5 Å². The maximum absolute atomic E-state index is 11.8. The van der Waals surface area contributed by atoms with Gasteiger partial charge in [-0.3, -0.25) is 4.79 Å². The molecule has 1 amide bonds. The van der Waals surface area contributed by atoms with Gasteiger partial charge in [0.25, 0.3) is 5.91 Å². The summed E-state index contributed by atoms with van der Waals surface area (Å²) in [6, 6.07) is 8.49. The molecule has 0 aliphatic carbocycles. The molecule has 98 valence electrons. The summed E-state index contributed by atoms with van der Waals surface area (Å²) in [7, 11) is 1.89. The number of aromatic hydroxyl groups is 1. The first-order chi connectivity index (χ1) is 9.08. The Bertz CT molecular complexity index is 635. The van der Waals surface area contributed by atoms with Crippen molar-refractivity contribution in [3.8, 4) is 5.75 Å². The fraction of sp³-hybridized carbons (Fsp3) is 0.0769. The minimum Gasteiger partial charge on any atom is -0.507 e. The topological polar surface area (TPSA) is 66.6 Å². The van der Waals surface area contributed by atoms with E-state index in [4.69, 9.17) is 0 Å². The number of phenols is 1. The first kappa shape index (κ1) is 13.6. The van der Waals surface area contributed by atoms with Crippen LogP contribution in [0.15, 0.2) is 41.6 Å². The van der Waals surface area contributed by atoms with Crippen molar-refractivity contribution in [2.75, 3.05) is 0 Å². The Morgan fingerprint density at radius 3 is 2.89 bits per heavy atom. The van der Waals surface area contributed by atoms with E-state index < -0.39 is 0 Å². The highest BCUT2D eigenvalue weighted by atomic mass is 127. The number of aromatic nitrogens is 1. The number of hydrazone groups is 1. The van der Waals surface area contributed by atoms with Gasteiger partial charge in [-0.05, 0) is 52.9 Å². The molecule has 2 rings (SSSR count). The number of phenolic OH excluding ortho intramolecular Hbond substituents is 1. The molecule has 19 heavy (non-hydrogen) atoms. The number of hydrogen-bond donors (Lipinski definition) is 2. The second-order valence-corrected chi connectivity index (χ2v) is 5.07. The second-order valence-electron chi connectivity index (χ2n) is 3.91. The minimum absolute atomic E-state index is 0.0830. The SMILES string of the molecule is Cn1cccc1/C=N\NC(=O)c1ccc(I)c(O)c1. The van der Waals surface area contributed by atoms with Gasteiger partial charge in [-0.15, -0.1) is 0 Å². The van der Waals surface area contributed by atoms with Crippen LogP contribution in [0.4, 0.5) is 0 Å². The zero-order chi connectivity index (χ0) is 13.8. The Morgan fingerprint density at radius 2 is 2.26 bits per heavy atom. The summed E-state index contributed by atoms with van der Waals surface area (Å²) in [5, 5.41) is 13.4. The third kappa shape index (κ3) is 3.34. The van der Waals surface area contributed by atoms with Crippen molar-refractivity contribution in [1.82, 2.24) is 9.99 Å². The summed E-state index contributed by atoms with van der Waals surface area (Å²) in [5.74, 6) is -0.281. The summed E-state index contributed by atoms with van der Waals surface area (Å²) in [6.07, 6.45) is 3.45. The molecule has 0 unspecified atom stereocenters. The van der Waals surface area contributed by atoms with Crippen LogP contribution in [-0.4, -0.2) is 21.8 Å². The molecule has 0 aliphatic heterocycles. The van der Waals surface area contributed by atoms with Crippen LogP contribution in [0.3, 0.4) is 0 Å². The number of carbonyl (C=O) groups is 1. The molecular formula is C13H12IN3O2. The van der Waals surface area contributed by atoms with Gasteiger partial charge in [0.2, 0.25) is 0 Å². The Kier molecular flexibility index (Phi) is 4.20. The lowest BCUT2D eigenvalue weighted by atomic mass is 10.2. The fourth-order valence-electron chi connectivity index (χ4n) is 1.48. The number of aryl methyl sites for hydroxylation is 1. The summed E-state index contributed by atoms with van der Waals surface area (Å²) in [5.41, 5.74) is 3.66. The van der Waals surface area contributed by atoms with Crippen LogP contribution in [0, 0.1) is 3.57 Å². The standard InChI is InChI=1S/C13H12IN3O2/c1-17-6-2-3-10(17)8-15-16-13(19)9-4-5-11(14)12(18)7-9/h2-8,18H,1H3,(H,16,19)/b15-8-. The van der Waals surface area contributed by atoms with Gasteiger partial charge in [-0.1, -0.05) is 0 Å². The van der Waals surface area contributed by atoms with Crippen LogP contribution in [0.5, 0.6) is 5.75 Å². The number of rotatable bonds is 3. The van der Waals surface area contributed by atoms with Crippen molar-refractivity contribution in [3.05, 3.63) is 51.4 Å². The molecular weight excluding hydrogens is 357 g/mol. The first-order valence-electron chi connectivity index (χ1n) is 5.51. The third-order valence-corrected chi connectivity index (χ3v) is 3.47. The van der Waals surface area contributed by atoms with E-state index in [0.717, 1.165) is 5.69 Å². The smallest absolute Gasteiger partial charge is 0.271 e. The van der Waals surface area contributed by atoms with E-state index in [9.17, 15) is 9.90 Å². The van der Waals surface area contributed by atoms with Crippen molar-refractivity contribution >= 4 is 34.7 Å². The normalized spacial score (nSPS) is 10.8. The van der Waals surface area contributed by atoms with Gasteiger partial charge in [0, 0.05) is 18.8 Å². The van der Waals surface area contributed by atoms with Crippen molar-refractivity contribution < 1.29 is 9.90 Å². The van der Waals surface area contributed by atoms with E-state index in [-0.39, 0.29) is 11.7 Å². The first-order valence-corrected chi connectivity index (χ1v) is 6.59. The van der Waals surface area contributed by atoms with E-state index in [0.29, 0.717) is 9.13 Å². The number of nitrogens with one attached hydrogen (secondary N) is 1. The molecule has 6 heteroatoms. The monoisotopic (exact) mass is 369 g/mol. The lowest BCUT2D eigenvalue weighted by Gasteiger charge is -2.02. The van der Waals surface area contributed by atoms with Crippen molar-refractivity contribution in [1.29, 1.82) is 0 Å². The maximum Gasteiger partial charge on any atom is 0.271 e.